The van der Waals surface area contributed by atoms with Crippen LogP contribution in [0.5, 0.6) is 0 Å². The van der Waals surface area contributed by atoms with E-state index in [2.05, 4.69) is 0 Å². The topological polar surface area (TPSA) is 66.8 Å². The van der Waals surface area contributed by atoms with E-state index in [9.17, 15) is 14.7 Å². The molecule has 0 aliphatic carbocycles. The van der Waals surface area contributed by atoms with Crippen molar-refractivity contribution in [3.8, 4) is 0 Å². The summed E-state index contributed by atoms with van der Waals surface area (Å²) in [5, 5.41) is 9.19. The molecule has 2 heterocycles. The van der Waals surface area contributed by atoms with E-state index < -0.39 is 11.4 Å². The summed E-state index contributed by atoms with van der Waals surface area (Å²) in [5.41, 5.74) is -0.799. The first kappa shape index (κ1) is 12.4. The molecule has 5 heteroatoms. The van der Waals surface area contributed by atoms with Gasteiger partial charge >= 0.3 is 5.97 Å². The van der Waals surface area contributed by atoms with Gasteiger partial charge in [-0.25, -0.2) is 0 Å². The first-order valence-electron chi connectivity index (χ1n) is 6.17. The molecule has 1 amide bonds. The third-order valence-electron chi connectivity index (χ3n) is 3.73. The minimum atomic E-state index is -0.817. The van der Waals surface area contributed by atoms with E-state index in [4.69, 9.17) is 4.74 Å². The van der Waals surface area contributed by atoms with Crippen LogP contribution in [0, 0.1) is 5.41 Å². The lowest BCUT2D eigenvalue weighted by Gasteiger charge is -2.38. The molecule has 0 saturated carbocycles. The summed E-state index contributed by atoms with van der Waals surface area (Å²) >= 11 is 0. The van der Waals surface area contributed by atoms with Crippen molar-refractivity contribution in [3.05, 3.63) is 0 Å². The summed E-state index contributed by atoms with van der Waals surface area (Å²) in [7, 11) is 0. The Balaban J connectivity index is 2.01. The zero-order chi connectivity index (χ0) is 12.5. The average Bonchev–Trinajstić information content (AvgIpc) is 2.81. The number of hydrogen-bond donors (Lipinski definition) is 1. The highest BCUT2D eigenvalue weighted by atomic mass is 16.5. The monoisotopic (exact) mass is 241 g/mol. The lowest BCUT2D eigenvalue weighted by Crippen LogP contribution is -2.51. The molecule has 2 saturated heterocycles. The van der Waals surface area contributed by atoms with E-state index in [1.807, 2.05) is 0 Å². The standard InChI is InChI=1S/C12H19NO4/c1-12(11(15)16)5-3-6-13(8-12)10(14)9-4-2-7-17-9/h9H,2-8H2,1H3,(H,15,16). The molecule has 1 N–H and O–H groups in total. The van der Waals surface area contributed by atoms with Gasteiger partial charge in [-0.05, 0) is 32.6 Å². The minimum absolute atomic E-state index is 0.0327. The first-order valence-corrected chi connectivity index (χ1v) is 6.17. The largest absolute Gasteiger partial charge is 0.481 e. The van der Waals surface area contributed by atoms with Crippen LogP contribution in [0.2, 0.25) is 0 Å². The van der Waals surface area contributed by atoms with Gasteiger partial charge in [-0.3, -0.25) is 9.59 Å². The zero-order valence-corrected chi connectivity index (χ0v) is 10.1. The maximum atomic E-state index is 12.1. The van der Waals surface area contributed by atoms with E-state index in [-0.39, 0.29) is 12.0 Å². The second-order valence-corrected chi connectivity index (χ2v) is 5.23. The van der Waals surface area contributed by atoms with Gasteiger partial charge < -0.3 is 14.7 Å². The normalized spacial score (nSPS) is 33.7. The molecule has 0 aromatic carbocycles. The Bertz CT molecular complexity index is 324. The third kappa shape index (κ3) is 2.44. The van der Waals surface area contributed by atoms with E-state index in [0.717, 1.165) is 19.3 Å². The van der Waals surface area contributed by atoms with Crippen LogP contribution in [0.25, 0.3) is 0 Å². The molecular weight excluding hydrogens is 222 g/mol. The number of carboxylic acid groups (broad SMARTS) is 1. The average molecular weight is 241 g/mol. The Morgan fingerprint density at radius 3 is 2.76 bits per heavy atom. The van der Waals surface area contributed by atoms with Gasteiger partial charge in [-0.1, -0.05) is 0 Å². The number of likely N-dealkylation sites (tertiary alicyclic amines) is 1. The summed E-state index contributed by atoms with van der Waals surface area (Å²) in [6, 6.07) is 0. The molecule has 2 aliphatic heterocycles. The van der Waals surface area contributed by atoms with Crippen molar-refractivity contribution in [3.63, 3.8) is 0 Å². The van der Waals surface area contributed by atoms with Gasteiger partial charge in [0.1, 0.15) is 6.10 Å². The van der Waals surface area contributed by atoms with Crippen molar-refractivity contribution in [2.24, 2.45) is 5.41 Å². The molecule has 0 radical (unpaired) electrons. The summed E-state index contributed by atoms with van der Waals surface area (Å²) in [4.78, 5) is 25.0. The highest BCUT2D eigenvalue weighted by Gasteiger charge is 2.41. The molecule has 2 atom stereocenters. The van der Waals surface area contributed by atoms with Gasteiger partial charge in [-0.2, -0.15) is 0 Å². The Labute approximate surface area is 101 Å². The van der Waals surface area contributed by atoms with Gasteiger partial charge in [0, 0.05) is 19.7 Å². The minimum Gasteiger partial charge on any atom is -0.481 e. The van der Waals surface area contributed by atoms with Gasteiger partial charge in [0.05, 0.1) is 5.41 Å². The maximum absolute atomic E-state index is 12.1. The molecule has 2 unspecified atom stereocenters. The molecule has 5 nitrogen and oxygen atoms in total. The summed E-state index contributed by atoms with van der Waals surface area (Å²) in [6.07, 6.45) is 2.73. The van der Waals surface area contributed by atoms with Crippen LogP contribution < -0.4 is 0 Å². The number of rotatable bonds is 2. The number of aliphatic carboxylic acids is 1. The van der Waals surface area contributed by atoms with Crippen molar-refractivity contribution in [1.82, 2.24) is 4.90 Å². The highest BCUT2D eigenvalue weighted by molar-refractivity contribution is 5.83. The predicted octanol–water partition coefficient (Wildman–Crippen LogP) is 0.879. The Morgan fingerprint density at radius 2 is 2.18 bits per heavy atom. The van der Waals surface area contributed by atoms with Gasteiger partial charge in [0.2, 0.25) is 0 Å². The maximum Gasteiger partial charge on any atom is 0.311 e. The molecule has 2 fully saturated rings. The highest BCUT2D eigenvalue weighted by Crippen LogP contribution is 2.30. The van der Waals surface area contributed by atoms with Crippen molar-refractivity contribution >= 4 is 11.9 Å². The van der Waals surface area contributed by atoms with Crippen molar-refractivity contribution in [2.45, 2.75) is 38.7 Å². The van der Waals surface area contributed by atoms with Crippen molar-refractivity contribution < 1.29 is 19.4 Å². The third-order valence-corrected chi connectivity index (χ3v) is 3.73. The fraction of sp³-hybridized carbons (Fsp3) is 0.833. The first-order chi connectivity index (χ1) is 8.03. The Hall–Kier alpha value is -1.10. The molecule has 0 aromatic heterocycles. The fourth-order valence-corrected chi connectivity index (χ4v) is 2.58. The smallest absolute Gasteiger partial charge is 0.311 e. The van der Waals surface area contributed by atoms with Crippen LogP contribution in [0.15, 0.2) is 0 Å². The number of amides is 1. The van der Waals surface area contributed by atoms with Crippen LogP contribution in [0.1, 0.15) is 32.6 Å². The molecule has 0 bridgehead atoms. The molecule has 17 heavy (non-hydrogen) atoms. The number of ether oxygens (including phenoxy) is 1. The molecule has 96 valence electrons. The molecular formula is C12H19NO4. The lowest BCUT2D eigenvalue weighted by molar-refractivity contribution is -0.156. The van der Waals surface area contributed by atoms with E-state index in [1.165, 1.54) is 0 Å². The predicted molar refractivity (Wildman–Crippen MR) is 60.5 cm³/mol. The van der Waals surface area contributed by atoms with Gasteiger partial charge in [0.15, 0.2) is 0 Å². The second-order valence-electron chi connectivity index (χ2n) is 5.23. The summed E-state index contributed by atoms with van der Waals surface area (Å²) < 4.78 is 5.36. The van der Waals surface area contributed by atoms with Crippen LogP contribution in [0.3, 0.4) is 0 Å². The van der Waals surface area contributed by atoms with Gasteiger partial charge in [0.25, 0.3) is 5.91 Å². The van der Waals surface area contributed by atoms with Crippen molar-refractivity contribution in [1.29, 1.82) is 0 Å². The number of nitrogens with zero attached hydrogens (tertiary/aromatic N) is 1. The molecule has 2 rings (SSSR count). The van der Waals surface area contributed by atoms with Crippen LogP contribution >= 0.6 is 0 Å². The van der Waals surface area contributed by atoms with Crippen molar-refractivity contribution in [2.75, 3.05) is 19.7 Å². The van der Waals surface area contributed by atoms with E-state index in [1.54, 1.807) is 11.8 Å². The SMILES string of the molecule is CC1(C(=O)O)CCCN(C(=O)C2CCCO2)C1. The number of hydrogen-bond acceptors (Lipinski definition) is 3. The van der Waals surface area contributed by atoms with Crippen LogP contribution in [-0.4, -0.2) is 47.7 Å². The molecule has 0 aromatic rings. The van der Waals surface area contributed by atoms with E-state index >= 15 is 0 Å². The number of piperidine rings is 1. The van der Waals surface area contributed by atoms with Crippen LogP contribution in [0.4, 0.5) is 0 Å². The fourth-order valence-electron chi connectivity index (χ4n) is 2.58. The van der Waals surface area contributed by atoms with Crippen LogP contribution in [-0.2, 0) is 14.3 Å². The summed E-state index contributed by atoms with van der Waals surface area (Å²) in [5.74, 6) is -0.850. The Morgan fingerprint density at radius 1 is 1.41 bits per heavy atom. The second kappa shape index (κ2) is 4.64. The Kier molecular flexibility index (Phi) is 3.38. The molecule has 0 spiro atoms. The number of carbonyl (C=O) groups excluding carboxylic acids is 1. The molecule has 2 aliphatic rings. The zero-order valence-electron chi connectivity index (χ0n) is 10.1. The lowest BCUT2D eigenvalue weighted by atomic mass is 9.82. The van der Waals surface area contributed by atoms with Gasteiger partial charge in [-0.15, -0.1) is 0 Å². The quantitative estimate of drug-likeness (QED) is 0.779. The number of carboxylic acids is 1. The van der Waals surface area contributed by atoms with E-state index in [0.29, 0.717) is 26.1 Å². The number of carbonyl (C=O) groups is 2. The summed E-state index contributed by atoms with van der Waals surface area (Å²) in [6.45, 7) is 3.31.